The molecule has 0 unspecified atom stereocenters. The first-order chi connectivity index (χ1) is 11.0. The van der Waals surface area contributed by atoms with Crippen molar-refractivity contribution in [3.8, 4) is 0 Å². The van der Waals surface area contributed by atoms with E-state index in [0.29, 0.717) is 6.54 Å². The number of nitro groups is 1. The summed E-state index contributed by atoms with van der Waals surface area (Å²) in [5.74, 6) is 0.679. The van der Waals surface area contributed by atoms with Crippen molar-refractivity contribution >= 4 is 11.8 Å². The van der Waals surface area contributed by atoms with E-state index < -0.39 is 16.7 Å². The molecule has 1 fully saturated rings. The van der Waals surface area contributed by atoms with Crippen molar-refractivity contribution in [2.75, 3.05) is 26.2 Å². The Morgan fingerprint density at radius 2 is 2.04 bits per heavy atom. The van der Waals surface area contributed by atoms with Gasteiger partial charge in [-0.2, -0.15) is 0 Å². The zero-order chi connectivity index (χ0) is 16.8. The van der Waals surface area contributed by atoms with Crippen LogP contribution in [0.25, 0.3) is 0 Å². The van der Waals surface area contributed by atoms with Crippen LogP contribution >= 0.6 is 0 Å². The van der Waals surface area contributed by atoms with Gasteiger partial charge in [0, 0.05) is 19.6 Å². The second-order valence-electron chi connectivity index (χ2n) is 6.56. The van der Waals surface area contributed by atoms with Gasteiger partial charge in [-0.1, -0.05) is 13.8 Å². The molecule has 2 heterocycles. The maximum atomic E-state index is 11.8. The van der Waals surface area contributed by atoms with Crippen molar-refractivity contribution in [1.29, 1.82) is 0 Å². The van der Waals surface area contributed by atoms with E-state index in [9.17, 15) is 14.9 Å². The highest BCUT2D eigenvalue weighted by Gasteiger charge is 2.21. The average molecular weight is 323 g/mol. The van der Waals surface area contributed by atoms with Gasteiger partial charge in [-0.15, -0.1) is 0 Å². The Kier molecular flexibility index (Phi) is 6.15. The number of unbranched alkanes of at least 4 members (excludes halogenated alkanes) is 1. The van der Waals surface area contributed by atoms with Crippen molar-refractivity contribution in [2.45, 2.75) is 33.1 Å². The van der Waals surface area contributed by atoms with Gasteiger partial charge in [0.15, 0.2) is 5.76 Å². The Balaban J connectivity index is 1.63. The van der Waals surface area contributed by atoms with Gasteiger partial charge in [0.1, 0.15) is 4.92 Å². The van der Waals surface area contributed by atoms with Gasteiger partial charge in [0.25, 0.3) is 5.91 Å². The molecule has 0 radical (unpaired) electrons. The van der Waals surface area contributed by atoms with Crippen LogP contribution in [-0.4, -0.2) is 41.9 Å². The van der Waals surface area contributed by atoms with Gasteiger partial charge in [-0.25, -0.2) is 0 Å². The fraction of sp³-hybridized carbons (Fsp3) is 0.688. The summed E-state index contributed by atoms with van der Waals surface area (Å²) in [6, 6.07) is 2.51. The summed E-state index contributed by atoms with van der Waals surface area (Å²) >= 11 is 0. The van der Waals surface area contributed by atoms with E-state index in [2.05, 4.69) is 24.1 Å². The van der Waals surface area contributed by atoms with Gasteiger partial charge in [0.2, 0.25) is 0 Å². The number of amides is 1. The molecule has 0 aliphatic carbocycles. The predicted octanol–water partition coefficient (Wildman–Crippen LogP) is 2.68. The Hall–Kier alpha value is -1.89. The Bertz CT molecular complexity index is 533. The van der Waals surface area contributed by atoms with Gasteiger partial charge in [0.05, 0.1) is 6.07 Å². The molecule has 0 aromatic carbocycles. The molecular formula is C16H25N3O4. The number of rotatable bonds is 7. The van der Waals surface area contributed by atoms with E-state index >= 15 is 0 Å². The minimum absolute atomic E-state index is 0.0182. The lowest BCUT2D eigenvalue weighted by Gasteiger charge is -2.34. The van der Waals surface area contributed by atoms with Crippen molar-refractivity contribution < 1.29 is 14.1 Å². The molecule has 1 aliphatic heterocycles. The van der Waals surface area contributed by atoms with Crippen LogP contribution in [0.15, 0.2) is 16.5 Å². The van der Waals surface area contributed by atoms with Crippen LogP contribution in [0.1, 0.15) is 43.7 Å². The summed E-state index contributed by atoms with van der Waals surface area (Å²) in [4.78, 5) is 24.1. The largest absolute Gasteiger partial charge is 0.433 e. The highest BCUT2D eigenvalue weighted by atomic mass is 16.6. The van der Waals surface area contributed by atoms with Crippen LogP contribution in [0.5, 0.6) is 0 Å². The van der Waals surface area contributed by atoms with Gasteiger partial charge < -0.3 is 14.6 Å². The van der Waals surface area contributed by atoms with Crippen molar-refractivity contribution in [2.24, 2.45) is 11.8 Å². The summed E-state index contributed by atoms with van der Waals surface area (Å²) in [5, 5.41) is 13.2. The molecule has 1 aliphatic rings. The summed E-state index contributed by atoms with van der Waals surface area (Å²) < 4.78 is 4.86. The zero-order valence-corrected chi connectivity index (χ0v) is 13.8. The number of carbonyl (C=O) groups is 1. The summed E-state index contributed by atoms with van der Waals surface area (Å²) in [6.07, 6.45) is 3.22. The average Bonchev–Trinajstić information content (AvgIpc) is 2.95. The Labute approximate surface area is 136 Å². The van der Waals surface area contributed by atoms with Crippen LogP contribution in [0.2, 0.25) is 0 Å². The van der Waals surface area contributed by atoms with E-state index in [4.69, 9.17) is 4.42 Å². The van der Waals surface area contributed by atoms with Crippen molar-refractivity contribution in [3.63, 3.8) is 0 Å². The molecule has 7 nitrogen and oxygen atoms in total. The van der Waals surface area contributed by atoms with E-state index in [0.717, 1.165) is 44.3 Å². The van der Waals surface area contributed by atoms with Crippen LogP contribution in [0.4, 0.5) is 5.88 Å². The molecule has 1 aromatic rings. The second kappa shape index (κ2) is 8.10. The molecule has 0 spiro atoms. The summed E-state index contributed by atoms with van der Waals surface area (Å²) in [7, 11) is 0. The lowest BCUT2D eigenvalue weighted by Crippen LogP contribution is -2.39. The lowest BCUT2D eigenvalue weighted by atomic mass is 9.92. The molecule has 2 rings (SSSR count). The Morgan fingerprint density at radius 3 is 2.65 bits per heavy atom. The van der Waals surface area contributed by atoms with E-state index in [1.807, 2.05) is 0 Å². The number of likely N-dealkylation sites (tertiary alicyclic amines) is 1. The first-order valence-electron chi connectivity index (χ1n) is 8.20. The second-order valence-corrected chi connectivity index (χ2v) is 6.56. The lowest BCUT2D eigenvalue weighted by molar-refractivity contribution is -0.402. The fourth-order valence-corrected chi connectivity index (χ4v) is 3.27. The SMILES string of the molecule is C[C@@H]1C[C@@H](C)CN(CCCCNC(=O)c2ccc([N+](=O)[O-])o2)C1. The molecule has 1 aromatic heterocycles. The molecule has 2 atom stereocenters. The van der Waals surface area contributed by atoms with E-state index in [-0.39, 0.29) is 5.76 Å². The third-order valence-corrected chi connectivity index (χ3v) is 4.13. The predicted molar refractivity (Wildman–Crippen MR) is 86.3 cm³/mol. The van der Waals surface area contributed by atoms with Crippen LogP contribution in [0.3, 0.4) is 0 Å². The van der Waals surface area contributed by atoms with Gasteiger partial charge >= 0.3 is 5.88 Å². The minimum Gasteiger partial charge on any atom is -0.395 e. The first kappa shape index (κ1) is 17.5. The molecule has 23 heavy (non-hydrogen) atoms. The van der Waals surface area contributed by atoms with Crippen LogP contribution in [-0.2, 0) is 0 Å². The molecule has 1 N–H and O–H groups in total. The molecular weight excluding hydrogens is 298 g/mol. The fourth-order valence-electron chi connectivity index (χ4n) is 3.27. The number of furan rings is 1. The molecule has 1 amide bonds. The third kappa shape index (κ3) is 5.35. The highest BCUT2D eigenvalue weighted by Crippen LogP contribution is 2.21. The standard InChI is InChI=1S/C16H25N3O4/c1-12-9-13(2)11-18(10-12)8-4-3-7-17-16(20)14-5-6-15(23-14)19(21)22/h5-6,12-13H,3-4,7-11H2,1-2H3,(H,17,20)/t12-,13-/m1/s1. The van der Waals surface area contributed by atoms with E-state index in [1.165, 1.54) is 18.6 Å². The monoisotopic (exact) mass is 323 g/mol. The maximum absolute atomic E-state index is 11.8. The van der Waals surface area contributed by atoms with Crippen LogP contribution in [0, 0.1) is 22.0 Å². The molecule has 0 bridgehead atoms. The van der Waals surface area contributed by atoms with Crippen molar-refractivity contribution in [3.05, 3.63) is 28.0 Å². The summed E-state index contributed by atoms with van der Waals surface area (Å²) in [5.41, 5.74) is 0. The molecule has 7 heteroatoms. The maximum Gasteiger partial charge on any atom is 0.433 e. The quantitative estimate of drug-likeness (QED) is 0.473. The normalized spacial score (nSPS) is 22.0. The van der Waals surface area contributed by atoms with Gasteiger partial charge in [-0.05, 0) is 43.7 Å². The van der Waals surface area contributed by atoms with Gasteiger partial charge in [-0.3, -0.25) is 14.9 Å². The number of hydrogen-bond acceptors (Lipinski definition) is 5. The van der Waals surface area contributed by atoms with Crippen molar-refractivity contribution in [1.82, 2.24) is 10.2 Å². The number of nitrogens with one attached hydrogen (secondary N) is 1. The third-order valence-electron chi connectivity index (χ3n) is 4.13. The highest BCUT2D eigenvalue weighted by molar-refractivity contribution is 5.91. The number of hydrogen-bond donors (Lipinski definition) is 1. The smallest absolute Gasteiger partial charge is 0.395 e. The first-order valence-corrected chi connectivity index (χ1v) is 8.20. The molecule has 1 saturated heterocycles. The zero-order valence-electron chi connectivity index (χ0n) is 13.8. The van der Waals surface area contributed by atoms with E-state index in [1.54, 1.807) is 0 Å². The Morgan fingerprint density at radius 1 is 1.35 bits per heavy atom. The summed E-state index contributed by atoms with van der Waals surface area (Å²) in [6.45, 7) is 8.51. The minimum atomic E-state index is -0.655. The topological polar surface area (TPSA) is 88.6 Å². The van der Waals surface area contributed by atoms with Crippen LogP contribution < -0.4 is 5.32 Å². The number of piperidine rings is 1. The molecule has 128 valence electrons. The number of carbonyl (C=O) groups excluding carboxylic acids is 1. The number of nitrogens with zero attached hydrogens (tertiary/aromatic N) is 2. The molecule has 0 saturated carbocycles.